The molecule has 0 aromatic carbocycles. The first-order valence-electron chi connectivity index (χ1n) is 10.9. The quantitative estimate of drug-likeness (QED) is 0.294. The van der Waals surface area contributed by atoms with Crippen molar-refractivity contribution in [3.8, 4) is 0 Å². The van der Waals surface area contributed by atoms with Crippen LogP contribution in [0.15, 0.2) is 45.3 Å². The van der Waals surface area contributed by atoms with E-state index in [9.17, 15) is 0 Å². The van der Waals surface area contributed by atoms with Gasteiger partial charge in [0.1, 0.15) is 5.76 Å². The van der Waals surface area contributed by atoms with Crippen molar-refractivity contribution in [1.29, 1.82) is 0 Å². The lowest BCUT2D eigenvalue weighted by atomic mass is 10.2. The molecule has 2 aromatic heterocycles. The van der Waals surface area contributed by atoms with Crippen LogP contribution in [0.25, 0.3) is 0 Å². The summed E-state index contributed by atoms with van der Waals surface area (Å²) in [5.74, 6) is 1.85. The highest BCUT2D eigenvalue weighted by molar-refractivity contribution is 14.0. The lowest BCUT2D eigenvalue weighted by molar-refractivity contribution is 0.0177. The van der Waals surface area contributed by atoms with Crippen LogP contribution < -0.4 is 10.6 Å². The molecule has 0 spiro atoms. The molecule has 0 bridgehead atoms. The molecule has 2 aliphatic rings. The smallest absolute Gasteiger partial charge is 0.191 e. The maximum atomic E-state index is 5.74. The summed E-state index contributed by atoms with van der Waals surface area (Å²) in [5.41, 5.74) is 0. The molecule has 2 aliphatic heterocycles. The molecular formula is C22H34IN5O2S. The van der Waals surface area contributed by atoms with Crippen LogP contribution >= 0.6 is 35.3 Å². The molecule has 2 N–H and O–H groups in total. The van der Waals surface area contributed by atoms with Crippen LogP contribution in [-0.2, 0) is 4.74 Å². The van der Waals surface area contributed by atoms with Crippen molar-refractivity contribution in [3.63, 3.8) is 0 Å². The molecule has 7 nitrogen and oxygen atoms in total. The number of likely N-dealkylation sites (tertiary alicyclic amines) is 1. The summed E-state index contributed by atoms with van der Waals surface area (Å²) < 4.78 is 11.3. The Kier molecular flexibility index (Phi) is 10.1. The number of thiophene rings is 1. The van der Waals surface area contributed by atoms with Gasteiger partial charge in [-0.05, 0) is 49.5 Å². The van der Waals surface area contributed by atoms with Gasteiger partial charge in [-0.3, -0.25) is 14.8 Å². The molecule has 31 heavy (non-hydrogen) atoms. The number of halogens is 1. The van der Waals surface area contributed by atoms with Crippen molar-refractivity contribution in [2.24, 2.45) is 4.99 Å². The fourth-order valence-corrected chi connectivity index (χ4v) is 5.19. The second-order valence-corrected chi connectivity index (χ2v) is 8.77. The van der Waals surface area contributed by atoms with E-state index < -0.39 is 0 Å². The van der Waals surface area contributed by atoms with Crippen molar-refractivity contribution >= 4 is 41.3 Å². The summed E-state index contributed by atoms with van der Waals surface area (Å²) in [6, 6.07) is 8.96. The minimum atomic E-state index is 0. The number of rotatable bonds is 8. The molecule has 0 saturated carbocycles. The average molecular weight is 560 g/mol. The van der Waals surface area contributed by atoms with Gasteiger partial charge in [-0.1, -0.05) is 6.07 Å². The van der Waals surface area contributed by atoms with Crippen molar-refractivity contribution < 1.29 is 9.15 Å². The first-order valence-corrected chi connectivity index (χ1v) is 11.8. The molecule has 4 rings (SSSR count). The van der Waals surface area contributed by atoms with E-state index in [4.69, 9.17) is 9.15 Å². The first-order chi connectivity index (χ1) is 14.8. The van der Waals surface area contributed by atoms with Gasteiger partial charge in [0.15, 0.2) is 5.96 Å². The number of furan rings is 1. The van der Waals surface area contributed by atoms with Crippen LogP contribution in [0.2, 0.25) is 0 Å². The fourth-order valence-electron chi connectivity index (χ4n) is 4.33. The van der Waals surface area contributed by atoms with E-state index in [1.165, 1.54) is 17.7 Å². The van der Waals surface area contributed by atoms with Gasteiger partial charge in [0.25, 0.3) is 0 Å². The maximum Gasteiger partial charge on any atom is 0.191 e. The van der Waals surface area contributed by atoms with E-state index >= 15 is 0 Å². The van der Waals surface area contributed by atoms with E-state index in [2.05, 4.69) is 49.0 Å². The second-order valence-electron chi connectivity index (χ2n) is 7.79. The van der Waals surface area contributed by atoms with E-state index in [0.717, 1.165) is 64.2 Å². The Morgan fingerprint density at radius 1 is 1.03 bits per heavy atom. The summed E-state index contributed by atoms with van der Waals surface area (Å²) in [6.45, 7) is 7.36. The Labute approximate surface area is 206 Å². The number of hydrogen-bond donors (Lipinski definition) is 2. The molecule has 0 aliphatic carbocycles. The Balaban J connectivity index is 0.00000272. The highest BCUT2D eigenvalue weighted by atomic mass is 127. The number of nitrogens with one attached hydrogen (secondary N) is 2. The van der Waals surface area contributed by atoms with Gasteiger partial charge >= 0.3 is 0 Å². The highest BCUT2D eigenvalue weighted by Gasteiger charge is 2.26. The van der Waals surface area contributed by atoms with E-state index in [-0.39, 0.29) is 30.0 Å². The van der Waals surface area contributed by atoms with Gasteiger partial charge < -0.3 is 19.8 Å². The molecule has 0 amide bonds. The standard InChI is InChI=1S/C22H33N5O2S.HI/c1-23-22(24-16-18(20-6-4-12-29-20)26-8-2-3-9-26)25-17-19(21-7-5-15-30-21)27-10-13-28-14-11-27;/h4-7,12,15,18-19H,2-3,8-11,13-14,16-17H2,1H3,(H2,23,24,25);1H. The Bertz CT molecular complexity index is 759. The molecule has 172 valence electrons. The zero-order chi connectivity index (χ0) is 20.6. The van der Waals surface area contributed by atoms with E-state index in [1.807, 2.05) is 24.5 Å². The van der Waals surface area contributed by atoms with E-state index in [0.29, 0.717) is 6.04 Å². The molecule has 2 unspecified atom stereocenters. The van der Waals surface area contributed by atoms with Crippen LogP contribution in [0.3, 0.4) is 0 Å². The SMILES string of the molecule is CN=C(NCC(c1ccco1)N1CCCC1)NCC(c1cccs1)N1CCOCC1.I. The lowest BCUT2D eigenvalue weighted by Crippen LogP contribution is -2.47. The molecular weight excluding hydrogens is 525 g/mol. The Morgan fingerprint density at radius 3 is 2.35 bits per heavy atom. The summed E-state index contributed by atoms with van der Waals surface area (Å²) in [5, 5.41) is 9.25. The minimum Gasteiger partial charge on any atom is -0.468 e. The Morgan fingerprint density at radius 2 is 1.74 bits per heavy atom. The summed E-state index contributed by atoms with van der Waals surface area (Å²) >= 11 is 1.82. The average Bonchev–Trinajstić information content (AvgIpc) is 3.57. The Hall–Kier alpha value is -1.14. The fraction of sp³-hybridized carbons (Fsp3) is 0.591. The largest absolute Gasteiger partial charge is 0.468 e. The predicted molar refractivity (Wildman–Crippen MR) is 136 cm³/mol. The molecule has 4 heterocycles. The van der Waals surface area contributed by atoms with Crippen molar-refractivity contribution in [2.45, 2.75) is 24.9 Å². The molecule has 9 heteroatoms. The van der Waals surface area contributed by atoms with Gasteiger partial charge in [-0.15, -0.1) is 35.3 Å². The van der Waals surface area contributed by atoms with Crippen molar-refractivity contribution in [3.05, 3.63) is 46.5 Å². The number of aliphatic imine (C=N–C) groups is 1. The van der Waals surface area contributed by atoms with Crippen molar-refractivity contribution in [1.82, 2.24) is 20.4 Å². The molecule has 2 saturated heterocycles. The topological polar surface area (TPSA) is 65.3 Å². The number of hydrogen-bond acceptors (Lipinski definition) is 6. The summed E-state index contributed by atoms with van der Waals surface area (Å²) in [7, 11) is 1.84. The van der Waals surface area contributed by atoms with Crippen LogP contribution in [-0.4, -0.2) is 75.3 Å². The van der Waals surface area contributed by atoms with Crippen LogP contribution in [0.5, 0.6) is 0 Å². The van der Waals surface area contributed by atoms with Crippen LogP contribution in [0.4, 0.5) is 0 Å². The number of morpholine rings is 1. The van der Waals surface area contributed by atoms with E-state index in [1.54, 1.807) is 6.26 Å². The molecule has 0 radical (unpaired) electrons. The minimum absolute atomic E-state index is 0. The van der Waals surface area contributed by atoms with Crippen molar-refractivity contribution in [2.75, 3.05) is 59.5 Å². The highest BCUT2D eigenvalue weighted by Crippen LogP contribution is 2.26. The number of guanidine groups is 1. The zero-order valence-electron chi connectivity index (χ0n) is 18.2. The maximum absolute atomic E-state index is 5.74. The third kappa shape index (κ3) is 6.67. The van der Waals surface area contributed by atoms with Crippen LogP contribution in [0, 0.1) is 0 Å². The molecule has 2 atom stereocenters. The second kappa shape index (κ2) is 12.8. The molecule has 2 fully saturated rings. The lowest BCUT2D eigenvalue weighted by Gasteiger charge is -2.34. The van der Waals surface area contributed by atoms with Gasteiger partial charge in [-0.25, -0.2) is 0 Å². The van der Waals surface area contributed by atoms with Gasteiger partial charge in [0.2, 0.25) is 0 Å². The van der Waals surface area contributed by atoms with Gasteiger partial charge in [-0.2, -0.15) is 0 Å². The monoisotopic (exact) mass is 559 g/mol. The summed E-state index contributed by atoms with van der Waals surface area (Å²) in [4.78, 5) is 10.9. The van der Waals surface area contributed by atoms with Crippen LogP contribution in [0.1, 0.15) is 35.6 Å². The number of nitrogens with zero attached hydrogens (tertiary/aromatic N) is 3. The molecule has 2 aromatic rings. The first kappa shape index (κ1) is 24.5. The zero-order valence-corrected chi connectivity index (χ0v) is 21.3. The third-order valence-electron chi connectivity index (χ3n) is 5.96. The predicted octanol–water partition coefficient (Wildman–Crippen LogP) is 3.33. The summed E-state index contributed by atoms with van der Waals surface area (Å²) in [6.07, 6.45) is 4.28. The number of ether oxygens (including phenoxy) is 1. The normalized spacial score (nSPS) is 20.2. The van der Waals surface area contributed by atoms with Gasteiger partial charge in [0.05, 0.1) is 31.6 Å². The third-order valence-corrected chi connectivity index (χ3v) is 6.93. The van der Waals surface area contributed by atoms with Gasteiger partial charge in [0, 0.05) is 38.1 Å².